The Bertz CT molecular complexity index is 760. The molecule has 2 fully saturated rings. The van der Waals surface area contributed by atoms with Crippen LogP contribution in [0.15, 0.2) is 41.1 Å². The fourth-order valence-corrected chi connectivity index (χ4v) is 5.58. The Hall–Kier alpha value is -1.36. The van der Waals surface area contributed by atoms with E-state index in [9.17, 15) is 4.79 Å². The summed E-state index contributed by atoms with van der Waals surface area (Å²) in [4.78, 5) is 15.8. The van der Waals surface area contributed by atoms with Gasteiger partial charge in [0.05, 0.1) is 5.41 Å². The lowest BCUT2D eigenvalue weighted by molar-refractivity contribution is -0.126. The number of carbonyl (C=O) groups is 1. The third-order valence-electron chi connectivity index (χ3n) is 6.53. The van der Waals surface area contributed by atoms with Gasteiger partial charge < -0.3 is 5.32 Å². The fourth-order valence-electron chi connectivity index (χ4n) is 4.79. The van der Waals surface area contributed by atoms with Crippen molar-refractivity contribution in [1.29, 1.82) is 0 Å². The Balaban J connectivity index is 1.30. The first-order valence-corrected chi connectivity index (χ1v) is 11.8. The summed E-state index contributed by atoms with van der Waals surface area (Å²) in [5, 5.41) is 8.44. The number of thiophene rings is 1. The molecule has 1 saturated carbocycles. The van der Waals surface area contributed by atoms with Gasteiger partial charge in [-0.15, -0.1) is 0 Å². The summed E-state index contributed by atoms with van der Waals surface area (Å²) in [5.41, 5.74) is 2.19. The van der Waals surface area contributed by atoms with Gasteiger partial charge in [-0.2, -0.15) is 11.3 Å². The van der Waals surface area contributed by atoms with Crippen LogP contribution < -0.4 is 5.32 Å². The van der Waals surface area contributed by atoms with Crippen LogP contribution in [0.3, 0.4) is 0 Å². The number of likely N-dealkylation sites (tertiary alicyclic amines) is 1. The third-order valence-corrected chi connectivity index (χ3v) is 7.52. The van der Waals surface area contributed by atoms with Crippen molar-refractivity contribution in [3.63, 3.8) is 0 Å². The molecule has 2 heterocycles. The van der Waals surface area contributed by atoms with Crippen LogP contribution >= 0.6 is 22.9 Å². The topological polar surface area (TPSA) is 32.3 Å². The molecule has 2 aliphatic rings. The SMILES string of the molecule is O=C(NCC1CCN(Cc2ccsc2)CC1)C1(c2ccc(Cl)cc2)CCCC1. The smallest absolute Gasteiger partial charge is 0.230 e. The molecule has 5 heteroatoms. The molecular weight excluding hydrogens is 388 g/mol. The van der Waals surface area contributed by atoms with Crippen LogP contribution in [0.25, 0.3) is 0 Å². The average Bonchev–Trinajstić information content (AvgIpc) is 3.40. The van der Waals surface area contributed by atoms with E-state index in [4.69, 9.17) is 11.6 Å². The summed E-state index contributed by atoms with van der Waals surface area (Å²) in [5.74, 6) is 0.805. The monoisotopic (exact) mass is 416 g/mol. The molecule has 1 aromatic heterocycles. The second kappa shape index (κ2) is 8.98. The van der Waals surface area contributed by atoms with E-state index < -0.39 is 0 Å². The van der Waals surface area contributed by atoms with Crippen LogP contribution in [0.5, 0.6) is 0 Å². The molecule has 0 bridgehead atoms. The molecule has 3 nitrogen and oxygen atoms in total. The normalized spacial score (nSPS) is 20.3. The molecular formula is C23H29ClN2OS. The number of halogens is 1. The molecule has 1 aromatic carbocycles. The van der Waals surface area contributed by atoms with Gasteiger partial charge in [0.15, 0.2) is 0 Å². The number of hydrogen-bond donors (Lipinski definition) is 1. The Kier molecular flexibility index (Phi) is 6.39. The first-order chi connectivity index (χ1) is 13.7. The summed E-state index contributed by atoms with van der Waals surface area (Å²) in [6, 6.07) is 10.1. The highest BCUT2D eigenvalue weighted by Gasteiger charge is 2.42. The van der Waals surface area contributed by atoms with Crippen molar-refractivity contribution in [3.8, 4) is 0 Å². The summed E-state index contributed by atoms with van der Waals surface area (Å²) in [6.45, 7) is 4.11. The molecule has 0 atom stereocenters. The van der Waals surface area contributed by atoms with Crippen molar-refractivity contribution in [2.24, 2.45) is 5.92 Å². The van der Waals surface area contributed by atoms with E-state index in [1.54, 1.807) is 11.3 Å². The molecule has 0 spiro atoms. The number of amides is 1. The quantitative estimate of drug-likeness (QED) is 0.698. The van der Waals surface area contributed by atoms with Crippen molar-refractivity contribution in [3.05, 3.63) is 57.2 Å². The first kappa shape index (κ1) is 19.9. The van der Waals surface area contributed by atoms with Crippen molar-refractivity contribution < 1.29 is 4.79 Å². The standard InChI is InChI=1S/C23H29ClN2OS/c24-21-5-3-20(4-6-21)23(10-1-2-11-23)22(27)25-15-18-7-12-26(13-8-18)16-19-9-14-28-17-19/h3-6,9,14,17-18H,1-2,7-8,10-13,15-16H2,(H,25,27). The zero-order chi connectivity index (χ0) is 19.4. The predicted octanol–water partition coefficient (Wildman–Crippen LogP) is 5.24. The van der Waals surface area contributed by atoms with Gasteiger partial charge >= 0.3 is 0 Å². The number of nitrogens with zero attached hydrogens (tertiary/aromatic N) is 1. The molecule has 1 aliphatic heterocycles. The maximum Gasteiger partial charge on any atom is 0.230 e. The molecule has 1 aliphatic carbocycles. The molecule has 28 heavy (non-hydrogen) atoms. The molecule has 0 unspecified atom stereocenters. The van der Waals surface area contributed by atoms with Crippen molar-refractivity contribution in [1.82, 2.24) is 10.2 Å². The van der Waals surface area contributed by atoms with Gasteiger partial charge in [-0.3, -0.25) is 9.69 Å². The van der Waals surface area contributed by atoms with Gasteiger partial charge in [0, 0.05) is 18.1 Å². The fraction of sp³-hybridized carbons (Fsp3) is 0.522. The van der Waals surface area contributed by atoms with Crippen LogP contribution in [0, 0.1) is 5.92 Å². The molecule has 2 aromatic rings. The van der Waals surface area contributed by atoms with E-state index in [0.29, 0.717) is 5.92 Å². The van der Waals surface area contributed by atoms with E-state index in [2.05, 4.69) is 27.0 Å². The Labute approximate surface area is 177 Å². The van der Waals surface area contributed by atoms with Gasteiger partial charge in [0.25, 0.3) is 0 Å². The van der Waals surface area contributed by atoms with Gasteiger partial charge in [-0.1, -0.05) is 36.6 Å². The molecule has 4 rings (SSSR count). The van der Waals surface area contributed by atoms with E-state index in [0.717, 1.165) is 62.4 Å². The molecule has 1 saturated heterocycles. The van der Waals surface area contributed by atoms with Crippen LogP contribution in [0.2, 0.25) is 5.02 Å². The maximum absolute atomic E-state index is 13.2. The number of piperidine rings is 1. The zero-order valence-electron chi connectivity index (χ0n) is 16.3. The van der Waals surface area contributed by atoms with E-state index in [1.165, 1.54) is 18.4 Å². The lowest BCUT2D eigenvalue weighted by Gasteiger charge is -2.33. The number of nitrogens with one attached hydrogen (secondary N) is 1. The summed E-state index contributed by atoms with van der Waals surface area (Å²) in [7, 11) is 0. The van der Waals surface area contributed by atoms with Crippen LogP contribution in [-0.2, 0) is 16.8 Å². The van der Waals surface area contributed by atoms with Crippen molar-refractivity contribution in [2.75, 3.05) is 19.6 Å². The van der Waals surface area contributed by atoms with Crippen molar-refractivity contribution in [2.45, 2.75) is 50.5 Å². The van der Waals surface area contributed by atoms with Gasteiger partial charge in [-0.25, -0.2) is 0 Å². The summed E-state index contributed by atoms with van der Waals surface area (Å²) < 4.78 is 0. The van der Waals surface area contributed by atoms with Gasteiger partial charge in [0.1, 0.15) is 0 Å². The van der Waals surface area contributed by atoms with E-state index >= 15 is 0 Å². The third kappa shape index (κ3) is 4.45. The highest BCUT2D eigenvalue weighted by molar-refractivity contribution is 7.07. The van der Waals surface area contributed by atoms with E-state index in [-0.39, 0.29) is 11.3 Å². The minimum absolute atomic E-state index is 0.216. The van der Waals surface area contributed by atoms with E-state index in [1.807, 2.05) is 24.3 Å². The second-order valence-electron chi connectivity index (χ2n) is 8.36. The lowest BCUT2D eigenvalue weighted by atomic mass is 9.78. The number of carbonyl (C=O) groups excluding carboxylic acids is 1. The summed E-state index contributed by atoms with van der Waals surface area (Å²) >= 11 is 7.83. The van der Waals surface area contributed by atoms with Gasteiger partial charge in [-0.05, 0) is 84.8 Å². The number of hydrogen-bond acceptors (Lipinski definition) is 3. The van der Waals surface area contributed by atoms with Crippen molar-refractivity contribution >= 4 is 28.8 Å². The lowest BCUT2D eigenvalue weighted by Crippen LogP contribution is -2.45. The second-order valence-corrected chi connectivity index (χ2v) is 9.57. The minimum atomic E-state index is -0.357. The minimum Gasteiger partial charge on any atom is -0.355 e. The molecule has 0 radical (unpaired) electrons. The number of rotatable bonds is 6. The average molecular weight is 417 g/mol. The number of benzene rings is 1. The largest absolute Gasteiger partial charge is 0.355 e. The molecule has 1 N–H and O–H groups in total. The maximum atomic E-state index is 13.2. The Morgan fingerprint density at radius 3 is 2.50 bits per heavy atom. The first-order valence-electron chi connectivity index (χ1n) is 10.4. The predicted molar refractivity (Wildman–Crippen MR) is 117 cm³/mol. The molecule has 150 valence electrons. The highest BCUT2D eigenvalue weighted by Crippen LogP contribution is 2.41. The summed E-state index contributed by atoms with van der Waals surface area (Å²) in [6.07, 6.45) is 6.46. The Morgan fingerprint density at radius 1 is 1.14 bits per heavy atom. The molecule has 1 amide bonds. The zero-order valence-corrected chi connectivity index (χ0v) is 17.9. The van der Waals surface area contributed by atoms with Gasteiger partial charge in [0.2, 0.25) is 5.91 Å². The van der Waals surface area contributed by atoms with Crippen LogP contribution in [-0.4, -0.2) is 30.4 Å². The van der Waals surface area contributed by atoms with Crippen LogP contribution in [0.4, 0.5) is 0 Å². The van der Waals surface area contributed by atoms with Crippen LogP contribution in [0.1, 0.15) is 49.7 Å². The Morgan fingerprint density at radius 2 is 1.86 bits per heavy atom. The highest BCUT2D eigenvalue weighted by atomic mass is 35.5.